The minimum atomic E-state index is -0.284. The highest BCUT2D eigenvalue weighted by Crippen LogP contribution is 2.48. The third-order valence-electron chi connectivity index (χ3n) is 5.22. The van der Waals surface area contributed by atoms with Crippen molar-refractivity contribution >= 4 is 57.6 Å². The summed E-state index contributed by atoms with van der Waals surface area (Å²) in [4.78, 5) is 16.8. The Morgan fingerprint density at radius 3 is 2.69 bits per heavy atom. The summed E-state index contributed by atoms with van der Waals surface area (Å²) in [6, 6.07) is 24.8. The molecule has 0 unspecified atom stereocenters. The van der Waals surface area contributed by atoms with Crippen molar-refractivity contribution in [1.29, 1.82) is 0 Å². The van der Waals surface area contributed by atoms with Crippen LogP contribution in [-0.4, -0.2) is 23.8 Å². The Balaban J connectivity index is 1.39. The molecule has 1 amide bonds. The van der Waals surface area contributed by atoms with Crippen LogP contribution in [0.5, 0.6) is 5.75 Å². The molecule has 0 fully saturated rings. The molecule has 0 atom stereocenters. The summed E-state index contributed by atoms with van der Waals surface area (Å²) < 4.78 is 0. The smallest absolute Gasteiger partial charge is 0.260 e. The van der Waals surface area contributed by atoms with E-state index in [1.807, 2.05) is 77.7 Å². The van der Waals surface area contributed by atoms with Gasteiger partial charge in [0.05, 0.1) is 17.6 Å². The lowest BCUT2D eigenvalue weighted by Crippen LogP contribution is -2.33. The van der Waals surface area contributed by atoms with Gasteiger partial charge in [0.1, 0.15) is 12.3 Å². The van der Waals surface area contributed by atoms with Crippen molar-refractivity contribution in [3.8, 4) is 5.75 Å². The number of hydrogen-bond donors (Lipinski definition) is 2. The quantitative estimate of drug-likeness (QED) is 0.292. The Hall–Kier alpha value is -3.48. The van der Waals surface area contributed by atoms with Gasteiger partial charge in [0, 0.05) is 20.4 Å². The van der Waals surface area contributed by atoms with Crippen LogP contribution in [0.25, 0.3) is 10.8 Å². The first-order valence-corrected chi connectivity index (χ1v) is 11.2. The molecule has 0 bridgehead atoms. The Kier molecular flexibility index (Phi) is 5.47. The molecule has 4 aromatic carbocycles. The first-order valence-electron chi connectivity index (χ1n) is 9.97. The molecule has 1 heterocycles. The minimum absolute atomic E-state index is 0.0732. The second kappa shape index (κ2) is 8.57. The van der Waals surface area contributed by atoms with E-state index in [9.17, 15) is 9.90 Å². The molecular formula is C25H18ClN3O2S. The van der Waals surface area contributed by atoms with E-state index < -0.39 is 0 Å². The number of aromatic hydroxyl groups is 1. The van der Waals surface area contributed by atoms with Crippen LogP contribution in [0.15, 0.2) is 93.8 Å². The van der Waals surface area contributed by atoms with Gasteiger partial charge in [0.25, 0.3) is 5.91 Å². The Labute approximate surface area is 194 Å². The molecule has 1 aliphatic rings. The second-order valence-corrected chi connectivity index (χ2v) is 8.80. The second-order valence-electron chi connectivity index (χ2n) is 7.28. The topological polar surface area (TPSA) is 64.9 Å². The van der Waals surface area contributed by atoms with E-state index in [1.54, 1.807) is 17.8 Å². The fourth-order valence-electron chi connectivity index (χ4n) is 3.74. The number of carbonyl (C=O) groups is 1. The molecule has 32 heavy (non-hydrogen) atoms. The number of phenols is 1. The van der Waals surface area contributed by atoms with E-state index in [2.05, 4.69) is 10.5 Å². The predicted molar refractivity (Wildman–Crippen MR) is 130 cm³/mol. The van der Waals surface area contributed by atoms with Crippen LogP contribution in [0.1, 0.15) is 5.56 Å². The van der Waals surface area contributed by atoms with Gasteiger partial charge < -0.3 is 10.0 Å². The number of hydrazone groups is 1. The Bertz CT molecular complexity index is 1370. The number of nitrogens with zero attached hydrogens (tertiary/aromatic N) is 2. The fraction of sp³-hybridized carbons (Fsp3) is 0.0400. The summed E-state index contributed by atoms with van der Waals surface area (Å²) in [6.45, 7) is 0.0732. The normalized spacial score (nSPS) is 12.6. The number of anilines is 2. The number of carbonyl (C=O) groups excluding carboxylic acids is 1. The standard InChI is InChI=1S/C25H18ClN3O2S/c26-17-10-12-24-21(13-17)29(20-7-3-4-8-23(20)32-24)15-25(31)28-27-14-19-18-6-2-1-5-16(18)9-11-22(19)30/h1-14,30H,15H2,(H,28,31)/b27-14+. The van der Waals surface area contributed by atoms with Crippen LogP contribution < -0.4 is 10.3 Å². The zero-order valence-electron chi connectivity index (χ0n) is 16.8. The molecule has 1 aliphatic heterocycles. The van der Waals surface area contributed by atoms with Crippen LogP contribution >= 0.6 is 23.4 Å². The zero-order chi connectivity index (χ0) is 22.1. The molecule has 0 spiro atoms. The van der Waals surface area contributed by atoms with Crippen LogP contribution in [0.3, 0.4) is 0 Å². The first-order chi connectivity index (χ1) is 15.6. The van der Waals surface area contributed by atoms with Crippen molar-refractivity contribution in [3.63, 3.8) is 0 Å². The summed E-state index contributed by atoms with van der Waals surface area (Å²) in [5, 5.41) is 16.8. The summed E-state index contributed by atoms with van der Waals surface area (Å²) in [5.74, 6) is -0.180. The van der Waals surface area contributed by atoms with Gasteiger partial charge in [-0.3, -0.25) is 4.79 Å². The molecule has 0 saturated carbocycles. The van der Waals surface area contributed by atoms with Crippen LogP contribution in [0, 0.1) is 0 Å². The van der Waals surface area contributed by atoms with Crippen LogP contribution in [0.2, 0.25) is 5.02 Å². The van der Waals surface area contributed by atoms with Gasteiger partial charge in [-0.1, -0.05) is 65.8 Å². The van der Waals surface area contributed by atoms with Crippen molar-refractivity contribution in [2.24, 2.45) is 5.10 Å². The number of phenolic OH excluding ortho intramolecular Hbond substituents is 1. The van der Waals surface area contributed by atoms with Gasteiger partial charge in [0.15, 0.2) is 0 Å². The predicted octanol–water partition coefficient (Wildman–Crippen LogP) is 5.95. The molecule has 158 valence electrons. The van der Waals surface area contributed by atoms with Crippen molar-refractivity contribution in [2.75, 3.05) is 11.4 Å². The average Bonchev–Trinajstić information content (AvgIpc) is 2.81. The largest absolute Gasteiger partial charge is 0.507 e. The van der Waals surface area contributed by atoms with Crippen LogP contribution in [0.4, 0.5) is 11.4 Å². The molecule has 0 radical (unpaired) electrons. The lowest BCUT2D eigenvalue weighted by molar-refractivity contribution is -0.119. The number of hydrogen-bond acceptors (Lipinski definition) is 5. The van der Waals surface area contributed by atoms with E-state index in [1.165, 1.54) is 6.21 Å². The number of benzene rings is 4. The maximum Gasteiger partial charge on any atom is 0.260 e. The molecule has 0 aliphatic carbocycles. The number of halogens is 1. The maximum atomic E-state index is 12.8. The molecule has 0 aromatic heterocycles. The van der Waals surface area contributed by atoms with Gasteiger partial charge in [-0.15, -0.1) is 0 Å². The number of amides is 1. The third-order valence-corrected chi connectivity index (χ3v) is 6.59. The maximum absolute atomic E-state index is 12.8. The fourth-order valence-corrected chi connectivity index (χ4v) is 4.98. The van der Waals surface area contributed by atoms with Crippen molar-refractivity contribution in [2.45, 2.75) is 9.79 Å². The zero-order valence-corrected chi connectivity index (χ0v) is 18.4. The molecule has 0 saturated heterocycles. The molecule has 4 aromatic rings. The van der Waals surface area contributed by atoms with E-state index in [4.69, 9.17) is 11.6 Å². The van der Waals surface area contributed by atoms with E-state index >= 15 is 0 Å². The summed E-state index contributed by atoms with van der Waals surface area (Å²) in [7, 11) is 0. The van der Waals surface area contributed by atoms with Gasteiger partial charge in [-0.25, -0.2) is 5.43 Å². The lowest BCUT2D eigenvalue weighted by Gasteiger charge is -2.32. The van der Waals surface area contributed by atoms with Gasteiger partial charge in [-0.05, 0) is 47.2 Å². The highest BCUT2D eigenvalue weighted by molar-refractivity contribution is 7.99. The monoisotopic (exact) mass is 459 g/mol. The number of para-hydroxylation sites is 1. The Morgan fingerprint density at radius 1 is 1.00 bits per heavy atom. The van der Waals surface area contributed by atoms with Gasteiger partial charge in [0.2, 0.25) is 0 Å². The summed E-state index contributed by atoms with van der Waals surface area (Å²) in [5.41, 5.74) is 4.96. The molecule has 5 rings (SSSR count). The van der Waals surface area contributed by atoms with Gasteiger partial charge in [-0.2, -0.15) is 5.10 Å². The van der Waals surface area contributed by atoms with E-state index in [0.717, 1.165) is 31.9 Å². The highest BCUT2D eigenvalue weighted by Gasteiger charge is 2.25. The number of nitrogens with one attached hydrogen (secondary N) is 1. The van der Waals surface area contributed by atoms with Crippen molar-refractivity contribution in [3.05, 3.63) is 89.4 Å². The Morgan fingerprint density at radius 2 is 1.78 bits per heavy atom. The molecule has 5 nitrogen and oxygen atoms in total. The van der Waals surface area contributed by atoms with Crippen molar-refractivity contribution in [1.82, 2.24) is 5.43 Å². The number of rotatable bonds is 4. The summed E-state index contributed by atoms with van der Waals surface area (Å²) >= 11 is 7.89. The lowest BCUT2D eigenvalue weighted by atomic mass is 10.0. The first kappa shape index (κ1) is 20.4. The number of fused-ring (bicyclic) bond motifs is 3. The van der Waals surface area contributed by atoms with E-state index in [-0.39, 0.29) is 18.2 Å². The van der Waals surface area contributed by atoms with Gasteiger partial charge >= 0.3 is 0 Å². The van der Waals surface area contributed by atoms with E-state index in [0.29, 0.717) is 10.6 Å². The third kappa shape index (κ3) is 3.90. The molecule has 7 heteroatoms. The minimum Gasteiger partial charge on any atom is -0.507 e. The average molecular weight is 460 g/mol. The highest BCUT2D eigenvalue weighted by atomic mass is 35.5. The van der Waals surface area contributed by atoms with Crippen LogP contribution in [-0.2, 0) is 4.79 Å². The van der Waals surface area contributed by atoms with Crippen molar-refractivity contribution < 1.29 is 9.90 Å². The summed E-state index contributed by atoms with van der Waals surface area (Å²) in [6.07, 6.45) is 1.47. The molecule has 2 N–H and O–H groups in total. The SMILES string of the molecule is O=C(CN1c2ccccc2Sc2ccc(Cl)cc21)N/N=C/c1c(O)ccc2ccccc12. The molecular weight excluding hydrogens is 442 g/mol.